The standard InChI is InChI=1S/C12H14BrN3O3S/c1-2-5-15-20(18,19)11-8-6-7(13)3-4-9(8)16-10(11)12(14)17/h3-4,6,15-16H,2,5H2,1H3,(H2,14,17). The number of carbonyl (C=O) groups is 1. The number of hydrogen-bond acceptors (Lipinski definition) is 3. The lowest BCUT2D eigenvalue weighted by Crippen LogP contribution is -2.27. The number of aromatic nitrogens is 1. The Bertz CT molecular complexity index is 768. The van der Waals surface area contributed by atoms with E-state index in [0.717, 1.165) is 0 Å². The van der Waals surface area contributed by atoms with Gasteiger partial charge in [0.05, 0.1) is 0 Å². The Kier molecular flexibility index (Phi) is 4.17. The summed E-state index contributed by atoms with van der Waals surface area (Å²) in [5.74, 6) is -0.811. The van der Waals surface area contributed by atoms with Crippen LogP contribution >= 0.6 is 15.9 Å². The Morgan fingerprint density at radius 2 is 2.15 bits per heavy atom. The molecule has 0 saturated heterocycles. The molecule has 0 atom stereocenters. The molecule has 1 heterocycles. The van der Waals surface area contributed by atoms with Crippen LogP contribution in [0.3, 0.4) is 0 Å². The third-order valence-electron chi connectivity index (χ3n) is 2.77. The van der Waals surface area contributed by atoms with Crippen molar-refractivity contribution < 1.29 is 13.2 Å². The maximum absolute atomic E-state index is 12.3. The fourth-order valence-corrected chi connectivity index (χ4v) is 3.76. The fraction of sp³-hybridized carbons (Fsp3) is 0.250. The van der Waals surface area contributed by atoms with E-state index in [9.17, 15) is 13.2 Å². The zero-order valence-corrected chi connectivity index (χ0v) is 13.1. The number of sulfonamides is 1. The van der Waals surface area contributed by atoms with Crippen molar-refractivity contribution in [1.29, 1.82) is 0 Å². The Morgan fingerprint density at radius 1 is 1.45 bits per heavy atom. The summed E-state index contributed by atoms with van der Waals surface area (Å²) in [4.78, 5) is 14.1. The van der Waals surface area contributed by atoms with Gasteiger partial charge in [-0.3, -0.25) is 4.79 Å². The number of fused-ring (bicyclic) bond motifs is 1. The molecule has 0 fully saturated rings. The molecule has 0 bridgehead atoms. The number of benzene rings is 1. The second kappa shape index (κ2) is 5.55. The van der Waals surface area contributed by atoms with E-state index in [1.165, 1.54) is 0 Å². The summed E-state index contributed by atoms with van der Waals surface area (Å²) in [6.07, 6.45) is 0.650. The van der Waals surface area contributed by atoms with Crippen LogP contribution in [0.25, 0.3) is 10.9 Å². The number of nitrogens with two attached hydrogens (primary N) is 1. The second-order valence-electron chi connectivity index (χ2n) is 4.28. The van der Waals surface area contributed by atoms with Gasteiger partial charge >= 0.3 is 0 Å². The number of primary amides is 1. The first-order chi connectivity index (χ1) is 9.36. The normalized spacial score (nSPS) is 11.9. The number of H-pyrrole nitrogens is 1. The van der Waals surface area contributed by atoms with Gasteiger partial charge in [0.2, 0.25) is 10.0 Å². The molecule has 6 nitrogen and oxygen atoms in total. The number of halogens is 1. The average Bonchev–Trinajstić information content (AvgIpc) is 2.75. The summed E-state index contributed by atoms with van der Waals surface area (Å²) in [6, 6.07) is 5.07. The van der Waals surface area contributed by atoms with Gasteiger partial charge in [-0.05, 0) is 24.6 Å². The minimum Gasteiger partial charge on any atom is -0.364 e. The van der Waals surface area contributed by atoms with Gasteiger partial charge in [-0.15, -0.1) is 0 Å². The van der Waals surface area contributed by atoms with Crippen LogP contribution in [0.2, 0.25) is 0 Å². The first-order valence-corrected chi connectivity index (χ1v) is 8.25. The van der Waals surface area contributed by atoms with E-state index in [0.29, 0.717) is 28.3 Å². The first-order valence-electron chi connectivity index (χ1n) is 5.97. The molecule has 4 N–H and O–H groups in total. The molecule has 0 aliphatic heterocycles. The maximum Gasteiger partial charge on any atom is 0.266 e. The summed E-state index contributed by atoms with van der Waals surface area (Å²) in [6.45, 7) is 2.14. The van der Waals surface area contributed by atoms with E-state index >= 15 is 0 Å². The monoisotopic (exact) mass is 359 g/mol. The highest BCUT2D eigenvalue weighted by Gasteiger charge is 2.26. The van der Waals surface area contributed by atoms with Gasteiger partial charge in [0, 0.05) is 21.9 Å². The Hall–Kier alpha value is -1.38. The van der Waals surface area contributed by atoms with Gasteiger partial charge in [-0.2, -0.15) is 0 Å². The van der Waals surface area contributed by atoms with Crippen LogP contribution in [0.15, 0.2) is 27.6 Å². The van der Waals surface area contributed by atoms with Crippen LogP contribution in [0.4, 0.5) is 0 Å². The Labute approximate surface area is 124 Å². The number of nitrogens with one attached hydrogen (secondary N) is 2. The number of aromatic amines is 1. The van der Waals surface area contributed by atoms with E-state index < -0.39 is 15.9 Å². The minimum absolute atomic E-state index is 0.102. The third-order valence-corrected chi connectivity index (χ3v) is 4.81. The SMILES string of the molecule is CCCNS(=O)(=O)c1c(C(N)=O)[nH]c2ccc(Br)cc12. The summed E-state index contributed by atoms with van der Waals surface area (Å²) in [7, 11) is -3.80. The quantitative estimate of drug-likeness (QED) is 0.756. The number of rotatable bonds is 5. The highest BCUT2D eigenvalue weighted by atomic mass is 79.9. The number of amides is 1. The van der Waals surface area contributed by atoms with E-state index in [-0.39, 0.29) is 10.6 Å². The molecular weight excluding hydrogens is 346 g/mol. The van der Waals surface area contributed by atoms with Gasteiger partial charge in [0.1, 0.15) is 10.6 Å². The van der Waals surface area contributed by atoms with Gasteiger partial charge in [-0.1, -0.05) is 22.9 Å². The molecule has 8 heteroatoms. The van der Waals surface area contributed by atoms with Crippen LogP contribution in [-0.4, -0.2) is 25.9 Å². The van der Waals surface area contributed by atoms with Crippen LogP contribution < -0.4 is 10.5 Å². The van der Waals surface area contributed by atoms with Gasteiger partial charge < -0.3 is 10.7 Å². The lowest BCUT2D eigenvalue weighted by molar-refractivity contribution is 0.0993. The predicted molar refractivity (Wildman–Crippen MR) is 80.0 cm³/mol. The maximum atomic E-state index is 12.3. The zero-order chi connectivity index (χ0) is 14.9. The Morgan fingerprint density at radius 3 is 2.75 bits per heavy atom. The van der Waals surface area contributed by atoms with Crippen molar-refractivity contribution in [2.75, 3.05) is 6.54 Å². The van der Waals surface area contributed by atoms with Crippen molar-refractivity contribution in [3.05, 3.63) is 28.4 Å². The molecule has 108 valence electrons. The van der Waals surface area contributed by atoms with Crippen molar-refractivity contribution in [2.24, 2.45) is 5.73 Å². The molecule has 0 saturated carbocycles. The van der Waals surface area contributed by atoms with Crippen LogP contribution in [0, 0.1) is 0 Å². The molecule has 20 heavy (non-hydrogen) atoms. The topological polar surface area (TPSA) is 105 Å². The van der Waals surface area contributed by atoms with Crippen molar-refractivity contribution in [1.82, 2.24) is 9.71 Å². The first kappa shape index (κ1) is 15.0. The van der Waals surface area contributed by atoms with Crippen LogP contribution in [0.5, 0.6) is 0 Å². The van der Waals surface area contributed by atoms with Crippen molar-refractivity contribution >= 4 is 42.8 Å². The summed E-state index contributed by atoms with van der Waals surface area (Å²) in [5.41, 5.74) is 5.70. The Balaban J connectivity index is 2.74. The molecule has 2 rings (SSSR count). The minimum atomic E-state index is -3.80. The highest BCUT2D eigenvalue weighted by molar-refractivity contribution is 9.10. The molecule has 2 aromatic rings. The van der Waals surface area contributed by atoms with E-state index in [4.69, 9.17) is 5.73 Å². The number of carbonyl (C=O) groups excluding carboxylic acids is 1. The smallest absolute Gasteiger partial charge is 0.266 e. The molecule has 1 amide bonds. The summed E-state index contributed by atoms with van der Waals surface area (Å²) >= 11 is 3.29. The second-order valence-corrected chi connectivity index (χ2v) is 6.90. The third kappa shape index (κ3) is 2.72. The fourth-order valence-electron chi connectivity index (χ4n) is 1.90. The largest absolute Gasteiger partial charge is 0.364 e. The van der Waals surface area contributed by atoms with Gasteiger partial charge in [0.25, 0.3) is 5.91 Å². The average molecular weight is 360 g/mol. The molecule has 0 aliphatic carbocycles. The molecule has 0 aliphatic rings. The molecule has 1 aromatic heterocycles. The van der Waals surface area contributed by atoms with Crippen molar-refractivity contribution in [2.45, 2.75) is 18.2 Å². The van der Waals surface area contributed by atoms with E-state index in [1.807, 2.05) is 6.92 Å². The molecule has 0 unspecified atom stereocenters. The summed E-state index contributed by atoms with van der Waals surface area (Å²) in [5, 5.41) is 0.428. The van der Waals surface area contributed by atoms with Crippen molar-refractivity contribution in [3.8, 4) is 0 Å². The lowest BCUT2D eigenvalue weighted by atomic mass is 10.2. The van der Waals surface area contributed by atoms with Gasteiger partial charge in [-0.25, -0.2) is 13.1 Å². The molecule has 1 aromatic carbocycles. The van der Waals surface area contributed by atoms with Crippen molar-refractivity contribution in [3.63, 3.8) is 0 Å². The van der Waals surface area contributed by atoms with E-state index in [2.05, 4.69) is 25.6 Å². The zero-order valence-electron chi connectivity index (χ0n) is 10.7. The molecular formula is C12H14BrN3O3S. The molecule has 0 radical (unpaired) electrons. The van der Waals surface area contributed by atoms with Crippen LogP contribution in [0.1, 0.15) is 23.8 Å². The van der Waals surface area contributed by atoms with Gasteiger partial charge in [0.15, 0.2) is 0 Å². The molecule has 0 spiro atoms. The van der Waals surface area contributed by atoms with Crippen LogP contribution in [-0.2, 0) is 10.0 Å². The lowest BCUT2D eigenvalue weighted by Gasteiger charge is -2.06. The predicted octanol–water partition coefficient (Wildman–Crippen LogP) is 1.72. The summed E-state index contributed by atoms with van der Waals surface area (Å²) < 4.78 is 27.9. The van der Waals surface area contributed by atoms with E-state index in [1.54, 1.807) is 18.2 Å². The highest BCUT2D eigenvalue weighted by Crippen LogP contribution is 2.29. The number of hydrogen-bond donors (Lipinski definition) is 3.